The van der Waals surface area contributed by atoms with Crippen molar-refractivity contribution >= 4 is 23.7 Å². The normalized spacial score (nSPS) is 14.7. The van der Waals surface area contributed by atoms with Gasteiger partial charge in [-0.05, 0) is 19.1 Å². The molecule has 1 fully saturated rings. The van der Waals surface area contributed by atoms with E-state index in [0.717, 1.165) is 0 Å². The molecule has 0 aromatic heterocycles. The van der Waals surface area contributed by atoms with Crippen LogP contribution in [0, 0.1) is 0 Å². The molecule has 0 atom stereocenters. The maximum Gasteiger partial charge on any atom is 0.409 e. The Balaban J connectivity index is 1.86. The fourth-order valence-electron chi connectivity index (χ4n) is 2.58. The first kappa shape index (κ1) is 18.7. The van der Waals surface area contributed by atoms with Gasteiger partial charge in [-0.1, -0.05) is 12.1 Å². The third-order valence-corrected chi connectivity index (χ3v) is 3.87. The largest absolute Gasteiger partial charge is 0.465 e. The number of anilines is 1. The first-order valence-electron chi connectivity index (χ1n) is 8.16. The second kappa shape index (κ2) is 9.03. The summed E-state index contributed by atoms with van der Waals surface area (Å²) in [6, 6.07) is 6.69. The van der Waals surface area contributed by atoms with Crippen LogP contribution in [0.4, 0.5) is 10.5 Å². The summed E-state index contributed by atoms with van der Waals surface area (Å²) >= 11 is 0. The number of methoxy groups -OCH3 is 1. The molecule has 0 bridgehead atoms. The Kier molecular flexibility index (Phi) is 6.76. The van der Waals surface area contributed by atoms with E-state index < -0.39 is 5.97 Å². The van der Waals surface area contributed by atoms with Gasteiger partial charge >= 0.3 is 12.1 Å². The number of hydrogen-bond acceptors (Lipinski definition) is 6. The predicted molar refractivity (Wildman–Crippen MR) is 91.4 cm³/mol. The van der Waals surface area contributed by atoms with E-state index in [0.29, 0.717) is 44.0 Å². The lowest BCUT2D eigenvalue weighted by molar-refractivity contribution is -0.117. The van der Waals surface area contributed by atoms with E-state index in [9.17, 15) is 14.4 Å². The van der Waals surface area contributed by atoms with Crippen LogP contribution in [-0.4, -0.2) is 74.2 Å². The van der Waals surface area contributed by atoms with Gasteiger partial charge in [-0.15, -0.1) is 0 Å². The summed E-state index contributed by atoms with van der Waals surface area (Å²) in [5.74, 6) is -0.722. The molecule has 1 aromatic rings. The van der Waals surface area contributed by atoms with Crippen molar-refractivity contribution in [3.8, 4) is 0 Å². The van der Waals surface area contributed by atoms with E-state index in [-0.39, 0.29) is 18.5 Å². The lowest BCUT2D eigenvalue weighted by Crippen LogP contribution is -2.50. The zero-order valence-corrected chi connectivity index (χ0v) is 14.5. The molecule has 1 aromatic carbocycles. The number of hydrogen-bond donors (Lipinski definition) is 1. The number of rotatable bonds is 5. The van der Waals surface area contributed by atoms with E-state index in [1.54, 1.807) is 36.1 Å². The molecule has 2 amide bonds. The number of piperazine rings is 1. The Bertz CT molecular complexity index is 626. The average Bonchev–Trinajstić information content (AvgIpc) is 2.62. The first-order valence-corrected chi connectivity index (χ1v) is 8.16. The van der Waals surface area contributed by atoms with Gasteiger partial charge in [0.2, 0.25) is 5.91 Å². The van der Waals surface area contributed by atoms with Crippen molar-refractivity contribution in [2.24, 2.45) is 0 Å². The molecule has 8 heteroatoms. The van der Waals surface area contributed by atoms with Crippen LogP contribution in [-0.2, 0) is 14.3 Å². The van der Waals surface area contributed by atoms with Crippen LogP contribution < -0.4 is 5.32 Å². The number of esters is 1. The number of nitrogens with zero attached hydrogens (tertiary/aromatic N) is 2. The quantitative estimate of drug-likeness (QED) is 0.803. The number of benzene rings is 1. The predicted octanol–water partition coefficient (Wildman–Crippen LogP) is 1.19. The SMILES string of the molecule is CCOC(=O)N1CCN(CC(=O)Nc2ccccc2C(=O)OC)CC1. The highest BCUT2D eigenvalue weighted by Gasteiger charge is 2.23. The van der Waals surface area contributed by atoms with E-state index in [2.05, 4.69) is 5.32 Å². The topological polar surface area (TPSA) is 88.2 Å². The highest BCUT2D eigenvalue weighted by molar-refractivity contribution is 6.01. The van der Waals surface area contributed by atoms with Crippen molar-refractivity contribution in [1.82, 2.24) is 9.80 Å². The molecule has 0 spiro atoms. The number of carbonyl (C=O) groups is 3. The summed E-state index contributed by atoms with van der Waals surface area (Å²) in [5, 5.41) is 2.74. The Hall–Kier alpha value is -2.61. The Labute approximate surface area is 146 Å². The second-order valence-electron chi connectivity index (χ2n) is 5.55. The molecule has 0 aliphatic carbocycles. The first-order chi connectivity index (χ1) is 12.0. The standard InChI is InChI=1S/C17H23N3O5/c1-3-25-17(23)20-10-8-19(9-11-20)12-15(21)18-14-7-5-4-6-13(14)16(22)24-2/h4-7H,3,8-12H2,1-2H3,(H,18,21). The molecular weight excluding hydrogens is 326 g/mol. The molecule has 25 heavy (non-hydrogen) atoms. The molecule has 1 aliphatic heterocycles. The minimum absolute atomic E-state index is 0.187. The summed E-state index contributed by atoms with van der Waals surface area (Å²) in [5.41, 5.74) is 0.731. The smallest absolute Gasteiger partial charge is 0.409 e. The summed E-state index contributed by atoms with van der Waals surface area (Å²) in [7, 11) is 1.30. The Morgan fingerprint density at radius 2 is 1.80 bits per heavy atom. The third-order valence-electron chi connectivity index (χ3n) is 3.87. The molecule has 136 valence electrons. The molecule has 0 saturated carbocycles. The maximum atomic E-state index is 12.3. The Morgan fingerprint density at radius 1 is 1.12 bits per heavy atom. The minimum Gasteiger partial charge on any atom is -0.465 e. The van der Waals surface area contributed by atoms with Crippen LogP contribution in [0.2, 0.25) is 0 Å². The van der Waals surface area contributed by atoms with Crippen LogP contribution in [0.25, 0.3) is 0 Å². The van der Waals surface area contributed by atoms with Gasteiger partial charge in [0, 0.05) is 26.2 Å². The van der Waals surface area contributed by atoms with E-state index in [4.69, 9.17) is 9.47 Å². The van der Waals surface area contributed by atoms with Crippen molar-refractivity contribution in [1.29, 1.82) is 0 Å². The number of para-hydroxylation sites is 1. The average molecular weight is 349 g/mol. The summed E-state index contributed by atoms with van der Waals surface area (Å²) < 4.78 is 9.68. The van der Waals surface area contributed by atoms with Gasteiger partial charge in [0.25, 0.3) is 0 Å². The van der Waals surface area contributed by atoms with Crippen LogP contribution in [0.3, 0.4) is 0 Å². The number of nitrogens with one attached hydrogen (secondary N) is 1. The van der Waals surface area contributed by atoms with Gasteiger partial charge < -0.3 is 19.7 Å². The molecule has 2 rings (SSSR count). The van der Waals surface area contributed by atoms with E-state index in [1.165, 1.54) is 7.11 Å². The van der Waals surface area contributed by atoms with Gasteiger partial charge in [0.1, 0.15) is 0 Å². The Morgan fingerprint density at radius 3 is 2.44 bits per heavy atom. The van der Waals surface area contributed by atoms with Crippen molar-refractivity contribution in [3.63, 3.8) is 0 Å². The molecular formula is C17H23N3O5. The maximum absolute atomic E-state index is 12.3. The molecule has 8 nitrogen and oxygen atoms in total. The number of ether oxygens (including phenoxy) is 2. The molecule has 1 saturated heterocycles. The van der Waals surface area contributed by atoms with Crippen LogP contribution in [0.15, 0.2) is 24.3 Å². The van der Waals surface area contributed by atoms with Crippen molar-refractivity contribution < 1.29 is 23.9 Å². The van der Waals surface area contributed by atoms with Gasteiger partial charge in [-0.25, -0.2) is 9.59 Å². The molecule has 0 radical (unpaired) electrons. The van der Waals surface area contributed by atoms with Crippen molar-refractivity contribution in [2.45, 2.75) is 6.92 Å². The van der Waals surface area contributed by atoms with Crippen LogP contribution in [0.5, 0.6) is 0 Å². The third kappa shape index (κ3) is 5.18. The fraction of sp³-hybridized carbons (Fsp3) is 0.471. The van der Waals surface area contributed by atoms with Gasteiger partial charge in [-0.2, -0.15) is 0 Å². The van der Waals surface area contributed by atoms with Gasteiger partial charge in [0.15, 0.2) is 0 Å². The van der Waals surface area contributed by atoms with Crippen molar-refractivity contribution in [2.75, 3.05) is 51.8 Å². The summed E-state index contributed by atoms with van der Waals surface area (Å²) in [4.78, 5) is 39.2. The molecule has 1 heterocycles. The highest BCUT2D eigenvalue weighted by atomic mass is 16.6. The molecule has 1 N–H and O–H groups in total. The van der Waals surface area contributed by atoms with Crippen LogP contribution >= 0.6 is 0 Å². The van der Waals surface area contributed by atoms with Crippen molar-refractivity contribution in [3.05, 3.63) is 29.8 Å². The van der Waals surface area contributed by atoms with Gasteiger partial charge in [-0.3, -0.25) is 9.69 Å². The fourth-order valence-corrected chi connectivity index (χ4v) is 2.58. The molecule has 1 aliphatic rings. The highest BCUT2D eigenvalue weighted by Crippen LogP contribution is 2.16. The minimum atomic E-state index is -0.501. The van der Waals surface area contributed by atoms with Crippen LogP contribution in [0.1, 0.15) is 17.3 Å². The lowest BCUT2D eigenvalue weighted by Gasteiger charge is -2.33. The monoisotopic (exact) mass is 349 g/mol. The van der Waals surface area contributed by atoms with E-state index >= 15 is 0 Å². The van der Waals surface area contributed by atoms with Gasteiger partial charge in [0.05, 0.1) is 31.5 Å². The summed E-state index contributed by atoms with van der Waals surface area (Å²) in [6.07, 6.45) is -0.321. The zero-order valence-electron chi connectivity index (χ0n) is 14.5. The second-order valence-corrected chi connectivity index (χ2v) is 5.55. The van der Waals surface area contributed by atoms with E-state index in [1.807, 2.05) is 4.90 Å². The molecule has 0 unspecified atom stereocenters. The zero-order chi connectivity index (χ0) is 18.2. The number of amides is 2. The summed E-state index contributed by atoms with van der Waals surface area (Å²) in [6.45, 7) is 4.52. The number of carbonyl (C=O) groups excluding carboxylic acids is 3. The lowest BCUT2D eigenvalue weighted by atomic mass is 10.2.